The molecule has 0 saturated carbocycles. The van der Waals surface area contributed by atoms with Crippen LogP contribution in [0.1, 0.15) is 36.9 Å². The van der Waals surface area contributed by atoms with Crippen molar-refractivity contribution in [2.45, 2.75) is 36.9 Å². The SMILES string of the molecule is CC(NC(=O)C1CCN(S(=O)(=O)c2ccccc2C(F)(F)F)CC1)c1cccc(O)c1. The number of phenolic OH excluding ortho intramolecular Hbond substituents is 1. The highest BCUT2D eigenvalue weighted by Crippen LogP contribution is 2.36. The fraction of sp³-hybridized carbons (Fsp3) is 0.381. The molecule has 1 atom stereocenters. The van der Waals surface area contributed by atoms with Gasteiger partial charge in [0.15, 0.2) is 0 Å². The van der Waals surface area contributed by atoms with E-state index in [0.29, 0.717) is 0 Å². The van der Waals surface area contributed by atoms with Crippen LogP contribution in [0, 0.1) is 5.92 Å². The average Bonchev–Trinajstić information content (AvgIpc) is 2.73. The van der Waals surface area contributed by atoms with Gasteiger partial charge in [0.1, 0.15) is 5.75 Å². The molecule has 1 aliphatic rings. The molecule has 2 N–H and O–H groups in total. The molecule has 1 aliphatic heterocycles. The van der Waals surface area contributed by atoms with E-state index in [-0.39, 0.29) is 43.6 Å². The predicted octanol–water partition coefficient (Wildman–Crippen LogP) is 3.69. The maximum atomic E-state index is 13.2. The number of sulfonamides is 1. The van der Waals surface area contributed by atoms with Crippen LogP contribution in [0.5, 0.6) is 5.75 Å². The van der Waals surface area contributed by atoms with Crippen LogP contribution in [0.15, 0.2) is 53.4 Å². The second-order valence-electron chi connectivity index (χ2n) is 7.50. The minimum atomic E-state index is -4.79. The van der Waals surface area contributed by atoms with Crippen LogP contribution in [0.25, 0.3) is 0 Å². The molecule has 3 rings (SSSR count). The van der Waals surface area contributed by atoms with Gasteiger partial charge in [0.05, 0.1) is 16.5 Å². The van der Waals surface area contributed by atoms with Crippen molar-refractivity contribution in [3.8, 4) is 5.75 Å². The summed E-state index contributed by atoms with van der Waals surface area (Å²) in [5.74, 6) is -0.635. The number of aromatic hydroxyl groups is 1. The highest BCUT2D eigenvalue weighted by atomic mass is 32.2. The van der Waals surface area contributed by atoms with Crippen molar-refractivity contribution in [1.29, 1.82) is 0 Å². The number of phenols is 1. The third kappa shape index (κ3) is 5.19. The van der Waals surface area contributed by atoms with Gasteiger partial charge in [-0.1, -0.05) is 24.3 Å². The molecule has 168 valence electrons. The quantitative estimate of drug-likeness (QED) is 0.719. The zero-order chi connectivity index (χ0) is 22.8. The number of rotatable bonds is 5. The zero-order valence-electron chi connectivity index (χ0n) is 16.8. The van der Waals surface area contributed by atoms with Crippen LogP contribution in [0.3, 0.4) is 0 Å². The first-order valence-electron chi connectivity index (χ1n) is 9.76. The first-order valence-corrected chi connectivity index (χ1v) is 11.2. The van der Waals surface area contributed by atoms with Crippen molar-refractivity contribution in [1.82, 2.24) is 9.62 Å². The molecule has 0 spiro atoms. The minimum absolute atomic E-state index is 0.0485. The van der Waals surface area contributed by atoms with Gasteiger partial charge in [0.2, 0.25) is 15.9 Å². The number of alkyl halides is 3. The van der Waals surface area contributed by atoms with Crippen LogP contribution < -0.4 is 5.32 Å². The molecule has 0 bridgehead atoms. The molecule has 1 heterocycles. The molecule has 0 aliphatic carbocycles. The van der Waals surface area contributed by atoms with Gasteiger partial charge in [-0.05, 0) is 49.6 Å². The monoisotopic (exact) mass is 456 g/mol. The number of benzene rings is 2. The molecule has 2 aromatic rings. The van der Waals surface area contributed by atoms with Gasteiger partial charge in [0, 0.05) is 19.0 Å². The van der Waals surface area contributed by atoms with E-state index in [1.807, 2.05) is 0 Å². The van der Waals surface area contributed by atoms with E-state index in [1.54, 1.807) is 19.1 Å². The molecule has 1 saturated heterocycles. The van der Waals surface area contributed by atoms with E-state index in [0.717, 1.165) is 28.1 Å². The Kier molecular flexibility index (Phi) is 6.61. The molecule has 2 aromatic carbocycles. The largest absolute Gasteiger partial charge is 0.508 e. The minimum Gasteiger partial charge on any atom is -0.508 e. The molecule has 10 heteroatoms. The number of nitrogens with one attached hydrogen (secondary N) is 1. The highest BCUT2D eigenvalue weighted by molar-refractivity contribution is 7.89. The molecular weight excluding hydrogens is 433 g/mol. The van der Waals surface area contributed by atoms with Gasteiger partial charge in [0.25, 0.3) is 0 Å². The lowest BCUT2D eigenvalue weighted by Crippen LogP contribution is -2.43. The van der Waals surface area contributed by atoms with E-state index in [2.05, 4.69) is 5.32 Å². The van der Waals surface area contributed by atoms with Crippen LogP contribution in [0.4, 0.5) is 13.2 Å². The van der Waals surface area contributed by atoms with Crippen LogP contribution in [-0.4, -0.2) is 36.8 Å². The van der Waals surface area contributed by atoms with E-state index in [9.17, 15) is 31.5 Å². The molecular formula is C21H23F3N2O4S. The van der Waals surface area contributed by atoms with Crippen molar-refractivity contribution >= 4 is 15.9 Å². The molecule has 0 aromatic heterocycles. The maximum absolute atomic E-state index is 13.2. The van der Waals surface area contributed by atoms with Gasteiger partial charge in [-0.3, -0.25) is 4.79 Å². The Labute approximate surface area is 178 Å². The smallest absolute Gasteiger partial charge is 0.417 e. The second-order valence-corrected chi connectivity index (χ2v) is 9.40. The lowest BCUT2D eigenvalue weighted by atomic mass is 9.96. The Balaban J connectivity index is 1.66. The Morgan fingerprint density at radius 1 is 1.13 bits per heavy atom. The first kappa shape index (κ1) is 23.1. The Morgan fingerprint density at radius 3 is 2.39 bits per heavy atom. The van der Waals surface area contributed by atoms with Gasteiger partial charge in [-0.15, -0.1) is 0 Å². The highest BCUT2D eigenvalue weighted by Gasteiger charge is 2.40. The number of amides is 1. The number of carbonyl (C=O) groups excluding carboxylic acids is 1. The average molecular weight is 456 g/mol. The summed E-state index contributed by atoms with van der Waals surface area (Å²) in [6.45, 7) is 1.67. The fourth-order valence-electron chi connectivity index (χ4n) is 3.63. The predicted molar refractivity (Wildman–Crippen MR) is 108 cm³/mol. The van der Waals surface area contributed by atoms with Gasteiger partial charge >= 0.3 is 6.18 Å². The summed E-state index contributed by atoms with van der Waals surface area (Å²) in [5.41, 5.74) is -0.480. The summed E-state index contributed by atoms with van der Waals surface area (Å²) in [6, 6.07) is 10.2. The first-order chi connectivity index (χ1) is 14.5. The van der Waals surface area contributed by atoms with Gasteiger partial charge in [-0.2, -0.15) is 17.5 Å². The third-order valence-corrected chi connectivity index (χ3v) is 7.32. The molecule has 0 radical (unpaired) electrons. The maximum Gasteiger partial charge on any atom is 0.417 e. The number of halogens is 3. The van der Waals surface area contributed by atoms with Gasteiger partial charge in [-0.25, -0.2) is 8.42 Å². The number of piperidine rings is 1. The van der Waals surface area contributed by atoms with Crippen LogP contribution in [-0.2, 0) is 21.0 Å². The summed E-state index contributed by atoms with van der Waals surface area (Å²) < 4.78 is 66.4. The van der Waals surface area contributed by atoms with E-state index in [4.69, 9.17) is 0 Å². The Bertz CT molecular complexity index is 1050. The van der Waals surface area contributed by atoms with Crippen molar-refractivity contribution in [2.75, 3.05) is 13.1 Å². The Morgan fingerprint density at radius 2 is 1.77 bits per heavy atom. The summed E-state index contributed by atoms with van der Waals surface area (Å²) in [6.07, 6.45) is -4.39. The van der Waals surface area contributed by atoms with E-state index >= 15 is 0 Å². The molecule has 1 fully saturated rings. The van der Waals surface area contributed by atoms with E-state index < -0.39 is 32.6 Å². The van der Waals surface area contributed by atoms with E-state index in [1.165, 1.54) is 18.2 Å². The molecule has 31 heavy (non-hydrogen) atoms. The summed E-state index contributed by atoms with van der Waals surface area (Å²) in [7, 11) is -4.34. The zero-order valence-corrected chi connectivity index (χ0v) is 17.6. The van der Waals surface area contributed by atoms with Crippen molar-refractivity contribution in [2.24, 2.45) is 5.92 Å². The fourth-order valence-corrected chi connectivity index (χ4v) is 5.31. The van der Waals surface area contributed by atoms with Crippen molar-refractivity contribution in [3.63, 3.8) is 0 Å². The summed E-state index contributed by atoms with van der Waals surface area (Å²) in [5, 5.41) is 12.4. The topological polar surface area (TPSA) is 86.7 Å². The molecule has 6 nitrogen and oxygen atoms in total. The lowest BCUT2D eigenvalue weighted by Gasteiger charge is -2.31. The standard InChI is InChI=1S/C21H23F3N2O4S/c1-14(16-5-4-6-17(27)13-16)25-20(28)15-9-11-26(12-10-15)31(29,30)19-8-3-2-7-18(19)21(22,23)24/h2-8,13-15,27H,9-12H2,1H3,(H,25,28). The summed E-state index contributed by atoms with van der Waals surface area (Å²) in [4.78, 5) is 11.8. The number of carbonyl (C=O) groups is 1. The van der Waals surface area contributed by atoms with Crippen molar-refractivity contribution < 1.29 is 31.5 Å². The van der Waals surface area contributed by atoms with Gasteiger partial charge < -0.3 is 10.4 Å². The number of hydrogen-bond donors (Lipinski definition) is 2. The third-order valence-electron chi connectivity index (χ3n) is 5.36. The normalized spacial score (nSPS) is 17.3. The number of nitrogens with zero attached hydrogens (tertiary/aromatic N) is 1. The van der Waals surface area contributed by atoms with Crippen LogP contribution in [0.2, 0.25) is 0 Å². The lowest BCUT2D eigenvalue weighted by molar-refractivity contribution is -0.139. The van der Waals surface area contributed by atoms with Crippen molar-refractivity contribution in [3.05, 3.63) is 59.7 Å². The second kappa shape index (κ2) is 8.88. The molecule has 1 amide bonds. The number of hydrogen-bond acceptors (Lipinski definition) is 4. The Hall–Kier alpha value is -2.59. The summed E-state index contributed by atoms with van der Waals surface area (Å²) >= 11 is 0. The van der Waals surface area contributed by atoms with Crippen LogP contribution >= 0.6 is 0 Å². The molecule has 1 unspecified atom stereocenters.